The number of anilines is 1. The average Bonchev–Trinajstić information content (AvgIpc) is 3.27. The van der Waals surface area contributed by atoms with Gasteiger partial charge in [-0.1, -0.05) is 0 Å². The molecule has 2 fully saturated rings. The molecule has 0 spiro atoms. The lowest BCUT2D eigenvalue weighted by atomic mass is 10.1. The predicted molar refractivity (Wildman–Crippen MR) is 93.1 cm³/mol. The number of piperazine rings is 1. The molecule has 0 aromatic heterocycles. The van der Waals surface area contributed by atoms with Crippen LogP contribution in [0.5, 0.6) is 11.5 Å². The number of amides is 2. The van der Waals surface area contributed by atoms with Crippen LogP contribution in [0.3, 0.4) is 0 Å². The molecular formula is C18H23N3O5. The molecule has 0 unspecified atom stereocenters. The van der Waals surface area contributed by atoms with Gasteiger partial charge in [0.15, 0.2) is 11.5 Å². The molecule has 3 aliphatic rings. The van der Waals surface area contributed by atoms with E-state index in [4.69, 9.17) is 14.6 Å². The van der Waals surface area contributed by atoms with Gasteiger partial charge in [-0.3, -0.25) is 14.5 Å². The van der Waals surface area contributed by atoms with Crippen LogP contribution >= 0.6 is 0 Å². The van der Waals surface area contributed by atoms with Gasteiger partial charge in [0.25, 0.3) is 0 Å². The molecule has 8 heteroatoms. The monoisotopic (exact) mass is 361 g/mol. The Kier molecular flexibility index (Phi) is 4.69. The van der Waals surface area contributed by atoms with Gasteiger partial charge in [0.05, 0.1) is 12.5 Å². The average molecular weight is 361 g/mol. The van der Waals surface area contributed by atoms with Crippen LogP contribution in [0.25, 0.3) is 0 Å². The number of hydrogen-bond acceptors (Lipinski definition) is 6. The van der Waals surface area contributed by atoms with Crippen LogP contribution in [0.4, 0.5) is 5.69 Å². The zero-order chi connectivity index (χ0) is 18.1. The van der Waals surface area contributed by atoms with Crippen LogP contribution in [0.1, 0.15) is 6.42 Å². The number of fused-ring (bicyclic) bond motifs is 1. The standard InChI is InChI=1S/C18H23N3O5/c22-8-7-19-3-5-20(6-4-19)18(24)13-9-17(23)21(11-13)14-1-2-15-16(10-14)26-12-25-15/h1-2,10,13,22H,3-9,11-12H2/t13-/m0/s1. The Hall–Kier alpha value is -2.32. The number of rotatable bonds is 4. The molecule has 3 heterocycles. The minimum Gasteiger partial charge on any atom is -0.454 e. The molecule has 2 saturated heterocycles. The van der Waals surface area contributed by atoms with Gasteiger partial charge in [-0.25, -0.2) is 0 Å². The lowest BCUT2D eigenvalue weighted by Crippen LogP contribution is -2.51. The van der Waals surface area contributed by atoms with Gasteiger partial charge in [-0.15, -0.1) is 0 Å². The Bertz CT molecular complexity index is 702. The number of carbonyl (C=O) groups excluding carboxylic acids is 2. The summed E-state index contributed by atoms with van der Waals surface area (Å²) in [5.41, 5.74) is 0.738. The van der Waals surface area contributed by atoms with Crippen LogP contribution in [0, 0.1) is 5.92 Å². The Morgan fingerprint density at radius 1 is 1.15 bits per heavy atom. The van der Waals surface area contributed by atoms with Crippen LogP contribution in [0.15, 0.2) is 18.2 Å². The highest BCUT2D eigenvalue weighted by Gasteiger charge is 2.38. The first kappa shape index (κ1) is 17.1. The lowest BCUT2D eigenvalue weighted by Gasteiger charge is -2.35. The molecule has 140 valence electrons. The smallest absolute Gasteiger partial charge is 0.231 e. The van der Waals surface area contributed by atoms with E-state index in [1.165, 1.54) is 0 Å². The Morgan fingerprint density at radius 3 is 2.69 bits per heavy atom. The van der Waals surface area contributed by atoms with Crippen molar-refractivity contribution in [2.45, 2.75) is 6.42 Å². The molecule has 0 aliphatic carbocycles. The summed E-state index contributed by atoms with van der Waals surface area (Å²) < 4.78 is 10.7. The second-order valence-electron chi connectivity index (χ2n) is 6.83. The summed E-state index contributed by atoms with van der Waals surface area (Å²) in [5, 5.41) is 9.01. The molecule has 4 rings (SSSR count). The van der Waals surface area contributed by atoms with Gasteiger partial charge in [-0.05, 0) is 12.1 Å². The van der Waals surface area contributed by atoms with Gasteiger partial charge in [0.2, 0.25) is 18.6 Å². The number of hydrogen-bond donors (Lipinski definition) is 1. The third-order valence-electron chi connectivity index (χ3n) is 5.24. The maximum Gasteiger partial charge on any atom is 0.231 e. The highest BCUT2D eigenvalue weighted by molar-refractivity contribution is 6.00. The maximum atomic E-state index is 12.8. The third-order valence-corrected chi connectivity index (χ3v) is 5.24. The first-order chi connectivity index (χ1) is 12.7. The summed E-state index contributed by atoms with van der Waals surface area (Å²) in [6, 6.07) is 5.41. The second-order valence-corrected chi connectivity index (χ2v) is 6.83. The minimum atomic E-state index is -0.308. The van der Waals surface area contributed by atoms with E-state index >= 15 is 0 Å². The molecule has 0 bridgehead atoms. The number of ether oxygens (including phenoxy) is 2. The fourth-order valence-electron chi connectivity index (χ4n) is 3.77. The van der Waals surface area contributed by atoms with Crippen molar-refractivity contribution in [2.24, 2.45) is 5.92 Å². The third kappa shape index (κ3) is 3.22. The fraction of sp³-hybridized carbons (Fsp3) is 0.556. The molecule has 1 aromatic carbocycles. The zero-order valence-electron chi connectivity index (χ0n) is 14.6. The van der Waals surface area contributed by atoms with E-state index in [9.17, 15) is 9.59 Å². The summed E-state index contributed by atoms with van der Waals surface area (Å²) in [6.07, 6.45) is 0.240. The summed E-state index contributed by atoms with van der Waals surface area (Å²) in [4.78, 5) is 30.9. The predicted octanol–water partition coefficient (Wildman–Crippen LogP) is -0.0953. The topological polar surface area (TPSA) is 82.6 Å². The minimum absolute atomic E-state index is 0.0406. The van der Waals surface area contributed by atoms with Crippen LogP contribution < -0.4 is 14.4 Å². The molecule has 1 aromatic rings. The summed E-state index contributed by atoms with van der Waals surface area (Å²) in [6.45, 7) is 4.18. The van der Waals surface area contributed by atoms with Gasteiger partial charge >= 0.3 is 0 Å². The lowest BCUT2D eigenvalue weighted by molar-refractivity contribution is -0.137. The molecule has 3 aliphatic heterocycles. The van der Waals surface area contributed by atoms with Gasteiger partial charge < -0.3 is 24.4 Å². The molecule has 26 heavy (non-hydrogen) atoms. The fourth-order valence-corrected chi connectivity index (χ4v) is 3.77. The largest absolute Gasteiger partial charge is 0.454 e. The number of carbonyl (C=O) groups is 2. The van der Waals surface area contributed by atoms with E-state index < -0.39 is 0 Å². The van der Waals surface area contributed by atoms with Crippen molar-refractivity contribution in [2.75, 3.05) is 57.6 Å². The van der Waals surface area contributed by atoms with Crippen molar-refractivity contribution in [1.29, 1.82) is 0 Å². The number of aliphatic hydroxyl groups excluding tert-OH is 1. The van der Waals surface area contributed by atoms with E-state index in [1.54, 1.807) is 17.0 Å². The van der Waals surface area contributed by atoms with Crippen molar-refractivity contribution >= 4 is 17.5 Å². The van der Waals surface area contributed by atoms with Crippen molar-refractivity contribution in [3.05, 3.63) is 18.2 Å². The Morgan fingerprint density at radius 2 is 1.92 bits per heavy atom. The summed E-state index contributed by atoms with van der Waals surface area (Å²) in [7, 11) is 0. The van der Waals surface area contributed by atoms with Gasteiger partial charge in [-0.2, -0.15) is 0 Å². The molecule has 2 amide bonds. The van der Waals surface area contributed by atoms with Crippen molar-refractivity contribution in [3.63, 3.8) is 0 Å². The van der Waals surface area contributed by atoms with E-state index in [1.807, 2.05) is 11.0 Å². The molecule has 0 saturated carbocycles. The number of benzene rings is 1. The van der Waals surface area contributed by atoms with Gasteiger partial charge in [0.1, 0.15) is 0 Å². The van der Waals surface area contributed by atoms with Crippen molar-refractivity contribution in [3.8, 4) is 11.5 Å². The van der Waals surface area contributed by atoms with E-state index in [-0.39, 0.29) is 37.6 Å². The Balaban J connectivity index is 1.39. The molecule has 1 N–H and O–H groups in total. The van der Waals surface area contributed by atoms with Crippen molar-refractivity contribution < 1.29 is 24.2 Å². The van der Waals surface area contributed by atoms with Crippen molar-refractivity contribution in [1.82, 2.24) is 9.80 Å². The highest BCUT2D eigenvalue weighted by atomic mass is 16.7. The molecular weight excluding hydrogens is 338 g/mol. The van der Waals surface area contributed by atoms with Crippen LogP contribution in [-0.4, -0.2) is 79.4 Å². The van der Waals surface area contributed by atoms with Gasteiger partial charge in [0, 0.05) is 57.4 Å². The first-order valence-electron chi connectivity index (χ1n) is 8.98. The molecule has 0 radical (unpaired) electrons. The molecule has 1 atom stereocenters. The number of aliphatic hydroxyl groups is 1. The zero-order valence-corrected chi connectivity index (χ0v) is 14.6. The first-order valence-corrected chi connectivity index (χ1v) is 8.98. The summed E-state index contributed by atoms with van der Waals surface area (Å²) in [5.74, 6) is 1.00. The maximum absolute atomic E-state index is 12.8. The Labute approximate surface area is 151 Å². The van der Waals surface area contributed by atoms with Crippen LogP contribution in [0.2, 0.25) is 0 Å². The highest BCUT2D eigenvalue weighted by Crippen LogP contribution is 2.37. The van der Waals surface area contributed by atoms with E-state index in [2.05, 4.69) is 4.90 Å². The molecule has 8 nitrogen and oxygen atoms in total. The SMILES string of the molecule is O=C([C@H]1CC(=O)N(c2ccc3c(c2)OCO3)C1)N1CCN(CCO)CC1. The van der Waals surface area contributed by atoms with E-state index in [0.29, 0.717) is 37.7 Å². The normalized spacial score (nSPS) is 23.0. The second kappa shape index (κ2) is 7.13. The van der Waals surface area contributed by atoms with E-state index in [0.717, 1.165) is 18.8 Å². The quantitative estimate of drug-likeness (QED) is 0.807. The number of β-amino-alcohol motifs (C(OH)–C–C–N with tert-alkyl or cyclic N) is 1. The van der Waals surface area contributed by atoms with Crippen LogP contribution in [-0.2, 0) is 9.59 Å². The number of nitrogens with zero attached hydrogens (tertiary/aromatic N) is 3. The summed E-state index contributed by atoms with van der Waals surface area (Å²) >= 11 is 0.